The first-order valence-corrected chi connectivity index (χ1v) is 8.82. The summed E-state index contributed by atoms with van der Waals surface area (Å²) in [5, 5.41) is 0. The normalized spacial score (nSPS) is 21.8. The van der Waals surface area contributed by atoms with Crippen molar-refractivity contribution in [2.24, 2.45) is 0 Å². The second-order valence-electron chi connectivity index (χ2n) is 6.32. The van der Waals surface area contributed by atoms with Gasteiger partial charge >= 0.3 is 0 Å². The smallest absolute Gasteiger partial charge is 0.185 e. The van der Waals surface area contributed by atoms with Gasteiger partial charge in [0, 0.05) is 18.1 Å². The Hall–Kier alpha value is -0.715. The highest BCUT2D eigenvalue weighted by Crippen LogP contribution is 2.44. The summed E-state index contributed by atoms with van der Waals surface area (Å²) in [5.74, 6) is 1.02. The average Bonchev–Trinajstić information content (AvgIpc) is 2.69. The Morgan fingerprint density at radius 3 is 2.95 bits per heavy atom. The lowest BCUT2D eigenvalue weighted by molar-refractivity contribution is 0.195. The van der Waals surface area contributed by atoms with E-state index in [1.807, 2.05) is 0 Å². The van der Waals surface area contributed by atoms with Crippen LogP contribution in [0.25, 0.3) is 0 Å². The number of hydrogen-bond donors (Lipinski definition) is 0. The molecule has 2 aliphatic rings. The molecule has 3 rings (SSSR count). The molecule has 0 aromatic heterocycles. The van der Waals surface area contributed by atoms with Gasteiger partial charge in [0.2, 0.25) is 0 Å². The highest BCUT2D eigenvalue weighted by Gasteiger charge is 2.29. The minimum Gasteiger partial charge on any atom is -0.489 e. The predicted octanol–water partition coefficient (Wildman–Crippen LogP) is 1.63. The second-order valence-corrected chi connectivity index (χ2v) is 7.12. The molecule has 0 bridgehead atoms. The Morgan fingerprint density at radius 2 is 2.18 bits per heavy atom. The fourth-order valence-corrected chi connectivity index (χ4v) is 4.22. The lowest BCUT2D eigenvalue weighted by atomic mass is 9.99. The number of hydrogen-bond acceptors (Lipinski definition) is 4. The van der Waals surface area contributed by atoms with Gasteiger partial charge in [-0.05, 0) is 66.0 Å². The maximum Gasteiger partial charge on any atom is 0.185 e. The van der Waals surface area contributed by atoms with Crippen molar-refractivity contribution in [3.05, 3.63) is 21.7 Å². The standard InChI is InChI=1S/C16H24BBrN2O2/c1-11-10-22-14-9-12-3-5-19(17)6-4-13(12)15(18)16(14)20(11)7-8-21-2/h9,11H,3-8,10,17H2,1-2H3/t11-/m0/s1. The fraction of sp³-hybridized carbons (Fsp3) is 0.625. The maximum atomic E-state index is 6.03. The Balaban J connectivity index is 2.01. The summed E-state index contributed by atoms with van der Waals surface area (Å²) in [6.45, 7) is 6.80. The van der Waals surface area contributed by atoms with Crippen molar-refractivity contribution in [3.8, 4) is 5.75 Å². The van der Waals surface area contributed by atoms with E-state index in [-0.39, 0.29) is 0 Å². The van der Waals surface area contributed by atoms with Gasteiger partial charge in [0.05, 0.1) is 18.3 Å². The molecule has 120 valence electrons. The van der Waals surface area contributed by atoms with E-state index in [0.717, 1.165) is 51.4 Å². The van der Waals surface area contributed by atoms with Crippen LogP contribution in [0, 0.1) is 0 Å². The molecule has 4 nitrogen and oxygen atoms in total. The number of ether oxygens (including phenoxy) is 2. The van der Waals surface area contributed by atoms with Gasteiger partial charge in [0.15, 0.2) is 7.98 Å². The van der Waals surface area contributed by atoms with Crippen molar-refractivity contribution < 1.29 is 9.47 Å². The molecule has 0 saturated carbocycles. The van der Waals surface area contributed by atoms with E-state index < -0.39 is 0 Å². The molecule has 0 N–H and O–H groups in total. The molecule has 0 aliphatic carbocycles. The minimum atomic E-state index is 0.366. The van der Waals surface area contributed by atoms with Crippen LogP contribution < -0.4 is 9.64 Å². The summed E-state index contributed by atoms with van der Waals surface area (Å²) >= 11 is 3.89. The van der Waals surface area contributed by atoms with Crippen molar-refractivity contribution in [1.29, 1.82) is 0 Å². The van der Waals surface area contributed by atoms with Gasteiger partial charge < -0.3 is 19.2 Å². The minimum absolute atomic E-state index is 0.366. The molecule has 2 aliphatic heterocycles. The summed E-state index contributed by atoms with van der Waals surface area (Å²) in [6.07, 6.45) is 2.18. The van der Waals surface area contributed by atoms with Gasteiger partial charge in [-0.3, -0.25) is 0 Å². The van der Waals surface area contributed by atoms with Crippen LogP contribution in [0.1, 0.15) is 18.1 Å². The number of rotatable bonds is 3. The van der Waals surface area contributed by atoms with Gasteiger partial charge in [0.25, 0.3) is 0 Å². The third kappa shape index (κ3) is 3.01. The number of anilines is 1. The Morgan fingerprint density at radius 1 is 1.41 bits per heavy atom. The van der Waals surface area contributed by atoms with Gasteiger partial charge in [-0.25, -0.2) is 0 Å². The fourth-order valence-electron chi connectivity index (χ4n) is 3.35. The molecular formula is C16H24BBrN2O2. The van der Waals surface area contributed by atoms with E-state index in [1.165, 1.54) is 21.3 Å². The third-order valence-corrected chi connectivity index (χ3v) is 5.60. The first-order valence-electron chi connectivity index (χ1n) is 8.03. The molecule has 2 heterocycles. The molecule has 6 heteroatoms. The molecule has 0 spiro atoms. The average molecular weight is 367 g/mol. The predicted molar refractivity (Wildman–Crippen MR) is 95.8 cm³/mol. The van der Waals surface area contributed by atoms with Crippen LogP contribution in [-0.4, -0.2) is 58.8 Å². The van der Waals surface area contributed by atoms with Crippen molar-refractivity contribution in [2.75, 3.05) is 44.9 Å². The second kappa shape index (κ2) is 6.81. The van der Waals surface area contributed by atoms with Crippen molar-refractivity contribution in [1.82, 2.24) is 4.81 Å². The van der Waals surface area contributed by atoms with Crippen LogP contribution in [0.2, 0.25) is 0 Å². The van der Waals surface area contributed by atoms with Crippen LogP contribution in [0.4, 0.5) is 5.69 Å². The highest BCUT2D eigenvalue weighted by atomic mass is 79.9. The zero-order chi connectivity index (χ0) is 15.7. The largest absolute Gasteiger partial charge is 0.489 e. The lowest BCUT2D eigenvalue weighted by Gasteiger charge is -2.38. The van der Waals surface area contributed by atoms with Crippen LogP contribution in [-0.2, 0) is 17.6 Å². The molecule has 0 saturated heterocycles. The third-order valence-electron chi connectivity index (χ3n) is 4.74. The van der Waals surface area contributed by atoms with Gasteiger partial charge in [-0.15, -0.1) is 0 Å². The van der Waals surface area contributed by atoms with Crippen LogP contribution in [0.3, 0.4) is 0 Å². The van der Waals surface area contributed by atoms with E-state index in [1.54, 1.807) is 7.11 Å². The molecular weight excluding hydrogens is 343 g/mol. The number of nitrogens with zero attached hydrogens (tertiary/aromatic N) is 2. The summed E-state index contributed by atoms with van der Waals surface area (Å²) in [7, 11) is 3.96. The monoisotopic (exact) mass is 366 g/mol. The zero-order valence-corrected chi connectivity index (χ0v) is 15.3. The summed E-state index contributed by atoms with van der Waals surface area (Å²) in [6, 6.07) is 2.63. The van der Waals surface area contributed by atoms with E-state index >= 15 is 0 Å². The Bertz CT molecular complexity index is 555. The summed E-state index contributed by atoms with van der Waals surface area (Å²) in [4.78, 5) is 4.82. The van der Waals surface area contributed by atoms with E-state index in [9.17, 15) is 0 Å². The van der Waals surface area contributed by atoms with Crippen molar-refractivity contribution >= 4 is 29.6 Å². The van der Waals surface area contributed by atoms with Crippen molar-refractivity contribution in [3.63, 3.8) is 0 Å². The van der Waals surface area contributed by atoms with Crippen LogP contribution in [0.15, 0.2) is 10.5 Å². The molecule has 0 radical (unpaired) electrons. The van der Waals surface area contributed by atoms with Gasteiger partial charge in [-0.2, -0.15) is 0 Å². The maximum absolute atomic E-state index is 6.03. The number of fused-ring (bicyclic) bond motifs is 2. The molecule has 0 amide bonds. The number of halogens is 1. The van der Waals surface area contributed by atoms with Gasteiger partial charge in [-0.1, -0.05) is 0 Å². The Labute approximate surface area is 142 Å². The van der Waals surface area contributed by atoms with E-state index in [0.29, 0.717) is 6.04 Å². The molecule has 0 fully saturated rings. The number of methoxy groups -OCH3 is 1. The molecule has 1 atom stereocenters. The highest BCUT2D eigenvalue weighted by molar-refractivity contribution is 9.10. The molecule has 1 aromatic carbocycles. The summed E-state index contributed by atoms with van der Waals surface area (Å²) in [5.41, 5.74) is 4.08. The van der Waals surface area contributed by atoms with Crippen molar-refractivity contribution in [2.45, 2.75) is 25.8 Å². The summed E-state index contributed by atoms with van der Waals surface area (Å²) < 4.78 is 12.5. The first kappa shape index (κ1) is 16.2. The Kier molecular flexibility index (Phi) is 5.00. The zero-order valence-electron chi connectivity index (χ0n) is 13.7. The van der Waals surface area contributed by atoms with E-state index in [2.05, 4.69) is 46.6 Å². The lowest BCUT2D eigenvalue weighted by Crippen LogP contribution is -2.43. The quantitative estimate of drug-likeness (QED) is 0.759. The van der Waals surface area contributed by atoms with Gasteiger partial charge in [0.1, 0.15) is 12.4 Å². The SMILES string of the molecule is BN1CCc2cc3c(c(Br)c2CC1)N(CCOC)[C@@H](C)CO3. The van der Waals surface area contributed by atoms with Crippen LogP contribution >= 0.6 is 15.9 Å². The molecule has 1 aromatic rings. The first-order chi connectivity index (χ1) is 10.6. The van der Waals surface area contributed by atoms with E-state index in [4.69, 9.17) is 9.47 Å². The van der Waals surface area contributed by atoms with Crippen LogP contribution in [0.5, 0.6) is 5.75 Å². The number of benzene rings is 1. The molecule has 22 heavy (non-hydrogen) atoms. The topological polar surface area (TPSA) is 24.9 Å². The molecule has 0 unspecified atom stereocenters.